The van der Waals surface area contributed by atoms with Gasteiger partial charge in [0.2, 0.25) is 0 Å². The summed E-state index contributed by atoms with van der Waals surface area (Å²) in [6.45, 7) is 4.51. The molecule has 4 atom stereocenters. The third-order valence-electron chi connectivity index (χ3n) is 4.17. The molecule has 1 heterocycles. The Bertz CT molecular complexity index is 449. The fourth-order valence-corrected chi connectivity index (χ4v) is 3.62. The van der Waals surface area contributed by atoms with Crippen molar-refractivity contribution < 1.29 is 9.90 Å². The Hall–Kier alpha value is -1.14. The Labute approximate surface area is 117 Å². The molecular formula is C13H21N3O2S. The molecule has 0 spiro atoms. The predicted molar refractivity (Wildman–Crippen MR) is 76.3 cm³/mol. The monoisotopic (exact) mass is 283 g/mol. The first-order valence-electron chi connectivity index (χ1n) is 6.73. The molecule has 4 N–H and O–H groups in total. The maximum atomic E-state index is 10.8. The quantitative estimate of drug-likeness (QED) is 0.772. The van der Waals surface area contributed by atoms with Gasteiger partial charge in [-0.1, -0.05) is 20.3 Å². The van der Waals surface area contributed by atoms with Crippen LogP contribution in [0.1, 0.15) is 44.8 Å². The second-order valence-electron chi connectivity index (χ2n) is 5.25. The highest BCUT2D eigenvalue weighted by molar-refractivity contribution is 7.13. The highest BCUT2D eigenvalue weighted by Gasteiger charge is 2.32. The summed E-state index contributed by atoms with van der Waals surface area (Å²) in [4.78, 5) is 15.1. The normalized spacial score (nSPS) is 28.3. The second kappa shape index (κ2) is 5.88. The van der Waals surface area contributed by atoms with Crippen LogP contribution in [0.5, 0.6) is 0 Å². The van der Waals surface area contributed by atoms with Gasteiger partial charge in [0.25, 0.3) is 0 Å². The molecule has 6 heteroatoms. The fourth-order valence-electron chi connectivity index (χ4n) is 2.81. The summed E-state index contributed by atoms with van der Waals surface area (Å²) in [6, 6.07) is -0.596. The highest BCUT2D eigenvalue weighted by Crippen LogP contribution is 2.36. The zero-order chi connectivity index (χ0) is 14.0. The van der Waals surface area contributed by atoms with E-state index in [4.69, 9.17) is 10.8 Å². The Morgan fingerprint density at radius 3 is 3.00 bits per heavy atom. The molecule has 0 saturated heterocycles. The smallest absolute Gasteiger partial charge is 0.326 e. The number of aliphatic carboxylic acids is 1. The molecule has 2 rings (SSSR count). The summed E-state index contributed by atoms with van der Waals surface area (Å²) in [5.74, 6) is 0.362. The van der Waals surface area contributed by atoms with Crippen LogP contribution < -0.4 is 11.1 Å². The topological polar surface area (TPSA) is 88.2 Å². The van der Waals surface area contributed by atoms with Gasteiger partial charge in [-0.05, 0) is 24.7 Å². The van der Waals surface area contributed by atoms with E-state index in [-0.39, 0.29) is 0 Å². The lowest BCUT2D eigenvalue weighted by Crippen LogP contribution is -2.25. The van der Waals surface area contributed by atoms with Crippen molar-refractivity contribution in [2.75, 3.05) is 5.32 Å². The molecule has 0 aromatic carbocycles. The number of thiazole rings is 1. The molecule has 19 heavy (non-hydrogen) atoms. The molecule has 0 bridgehead atoms. The van der Waals surface area contributed by atoms with Gasteiger partial charge in [0.15, 0.2) is 5.13 Å². The van der Waals surface area contributed by atoms with Gasteiger partial charge in [0.1, 0.15) is 6.04 Å². The Morgan fingerprint density at radius 1 is 1.68 bits per heavy atom. The van der Waals surface area contributed by atoms with Crippen molar-refractivity contribution in [3.8, 4) is 0 Å². The zero-order valence-electron chi connectivity index (χ0n) is 11.3. The van der Waals surface area contributed by atoms with E-state index in [1.165, 1.54) is 24.2 Å². The number of aromatic nitrogens is 1. The molecule has 4 unspecified atom stereocenters. The summed E-state index contributed by atoms with van der Waals surface area (Å²) in [5, 5.41) is 14.8. The molecule has 1 aromatic heterocycles. The van der Waals surface area contributed by atoms with Gasteiger partial charge in [0, 0.05) is 11.4 Å². The average molecular weight is 283 g/mol. The van der Waals surface area contributed by atoms with Gasteiger partial charge in [-0.25, -0.2) is 4.98 Å². The second-order valence-corrected chi connectivity index (χ2v) is 6.11. The van der Waals surface area contributed by atoms with Gasteiger partial charge in [-0.3, -0.25) is 4.79 Å². The number of anilines is 1. The molecule has 1 aliphatic carbocycles. The predicted octanol–water partition coefficient (Wildman–Crippen LogP) is 2.46. The fraction of sp³-hybridized carbons (Fsp3) is 0.692. The molecule has 1 aliphatic rings. The van der Waals surface area contributed by atoms with Crippen molar-refractivity contribution in [1.82, 2.24) is 4.98 Å². The lowest BCUT2D eigenvalue weighted by molar-refractivity contribution is -0.138. The minimum absolute atomic E-state index is 0.428. The number of rotatable bonds is 5. The van der Waals surface area contributed by atoms with Crippen molar-refractivity contribution in [1.29, 1.82) is 0 Å². The third-order valence-corrected chi connectivity index (χ3v) is 4.96. The first-order valence-corrected chi connectivity index (χ1v) is 7.61. The molecule has 0 aliphatic heterocycles. The van der Waals surface area contributed by atoms with E-state index in [1.807, 2.05) is 0 Å². The van der Waals surface area contributed by atoms with Crippen LogP contribution in [0.25, 0.3) is 0 Å². The lowest BCUT2D eigenvalue weighted by Gasteiger charge is -2.20. The molecule has 1 saturated carbocycles. The number of hydrogen-bond acceptors (Lipinski definition) is 5. The first kappa shape index (κ1) is 14.3. The van der Waals surface area contributed by atoms with Gasteiger partial charge in [-0.15, -0.1) is 11.3 Å². The summed E-state index contributed by atoms with van der Waals surface area (Å²) < 4.78 is 0. The molecule has 0 radical (unpaired) electrons. The van der Waals surface area contributed by atoms with Crippen molar-refractivity contribution in [2.45, 2.75) is 45.2 Å². The van der Waals surface area contributed by atoms with Gasteiger partial charge >= 0.3 is 5.97 Å². The molecule has 106 valence electrons. The number of nitrogens with zero attached hydrogens (tertiary/aromatic N) is 1. The van der Waals surface area contributed by atoms with Crippen LogP contribution in [0.4, 0.5) is 5.13 Å². The number of carboxylic acid groups (broad SMARTS) is 1. The molecule has 1 fully saturated rings. The standard InChI is InChI=1S/C13H21N3O2S/c1-3-8-4-5-9(7(8)2)15-13-16-10(6-19-13)11(14)12(17)18/h6-9,11H,3-5,14H2,1-2H3,(H,15,16)(H,17,18). The Balaban J connectivity index is 1.99. The van der Waals surface area contributed by atoms with Crippen LogP contribution >= 0.6 is 11.3 Å². The average Bonchev–Trinajstić information content (AvgIpc) is 2.97. The largest absolute Gasteiger partial charge is 0.480 e. The Morgan fingerprint density at radius 2 is 2.42 bits per heavy atom. The first-order chi connectivity index (χ1) is 9.02. The van der Waals surface area contributed by atoms with E-state index < -0.39 is 12.0 Å². The summed E-state index contributed by atoms with van der Waals surface area (Å²) in [5.41, 5.74) is 5.98. The van der Waals surface area contributed by atoms with Crippen LogP contribution in [0.15, 0.2) is 5.38 Å². The van der Waals surface area contributed by atoms with Crippen LogP contribution in [0, 0.1) is 11.8 Å². The number of carbonyl (C=O) groups is 1. The summed E-state index contributed by atoms with van der Waals surface area (Å²) >= 11 is 1.43. The van der Waals surface area contributed by atoms with Gasteiger partial charge in [-0.2, -0.15) is 0 Å². The van der Waals surface area contributed by atoms with Crippen molar-refractivity contribution >= 4 is 22.4 Å². The van der Waals surface area contributed by atoms with Gasteiger partial charge < -0.3 is 16.2 Å². The lowest BCUT2D eigenvalue weighted by atomic mass is 9.94. The van der Waals surface area contributed by atoms with Crippen molar-refractivity contribution in [3.05, 3.63) is 11.1 Å². The number of carboxylic acids is 1. The van der Waals surface area contributed by atoms with E-state index in [1.54, 1.807) is 5.38 Å². The van der Waals surface area contributed by atoms with E-state index >= 15 is 0 Å². The molecule has 5 nitrogen and oxygen atoms in total. The third kappa shape index (κ3) is 3.06. The highest BCUT2D eigenvalue weighted by atomic mass is 32.1. The maximum absolute atomic E-state index is 10.8. The molecule has 0 amide bonds. The number of hydrogen-bond donors (Lipinski definition) is 3. The maximum Gasteiger partial charge on any atom is 0.326 e. The molecule has 1 aromatic rings. The summed E-state index contributed by atoms with van der Waals surface area (Å²) in [7, 11) is 0. The Kier molecular flexibility index (Phi) is 4.42. The van der Waals surface area contributed by atoms with Crippen LogP contribution in [0.2, 0.25) is 0 Å². The summed E-state index contributed by atoms with van der Waals surface area (Å²) in [6.07, 6.45) is 3.62. The number of nitrogens with two attached hydrogens (primary N) is 1. The minimum atomic E-state index is -1.04. The van der Waals surface area contributed by atoms with Crippen LogP contribution in [-0.2, 0) is 4.79 Å². The SMILES string of the molecule is CCC1CCC(Nc2nc(C(N)C(=O)O)cs2)C1C. The number of nitrogens with one attached hydrogen (secondary N) is 1. The van der Waals surface area contributed by atoms with E-state index in [9.17, 15) is 4.79 Å². The van der Waals surface area contributed by atoms with Crippen molar-refractivity contribution in [3.63, 3.8) is 0 Å². The van der Waals surface area contributed by atoms with E-state index in [0.29, 0.717) is 17.7 Å². The minimum Gasteiger partial charge on any atom is -0.480 e. The van der Waals surface area contributed by atoms with E-state index in [2.05, 4.69) is 24.1 Å². The van der Waals surface area contributed by atoms with Gasteiger partial charge in [0.05, 0.1) is 5.69 Å². The van der Waals surface area contributed by atoms with E-state index in [0.717, 1.165) is 17.5 Å². The van der Waals surface area contributed by atoms with Crippen molar-refractivity contribution in [2.24, 2.45) is 17.6 Å². The molecular weight excluding hydrogens is 262 g/mol. The van der Waals surface area contributed by atoms with Crippen LogP contribution in [0.3, 0.4) is 0 Å². The zero-order valence-corrected chi connectivity index (χ0v) is 12.1. The van der Waals surface area contributed by atoms with Crippen LogP contribution in [-0.4, -0.2) is 22.1 Å².